The molecular formula is C24H26F4O3. The molecule has 7 heteroatoms. The van der Waals surface area contributed by atoms with Crippen LogP contribution in [0.5, 0.6) is 17.2 Å². The largest absolute Gasteiger partial charge is 0.505 e. The van der Waals surface area contributed by atoms with Crippen molar-refractivity contribution in [2.45, 2.75) is 44.4 Å². The average molecular weight is 438 g/mol. The van der Waals surface area contributed by atoms with E-state index in [0.29, 0.717) is 44.3 Å². The monoisotopic (exact) mass is 438 g/mol. The van der Waals surface area contributed by atoms with Crippen molar-refractivity contribution in [3.05, 3.63) is 65.8 Å². The summed E-state index contributed by atoms with van der Waals surface area (Å²) in [6.45, 7) is 4.08. The molecule has 3 nitrogen and oxygen atoms in total. The number of phenolic OH excluding ortho intramolecular Hbond substituents is 1. The Morgan fingerprint density at radius 1 is 0.871 bits per heavy atom. The van der Waals surface area contributed by atoms with Crippen LogP contribution >= 0.6 is 0 Å². The molecule has 2 aromatic carbocycles. The standard InChI is InChI=1S/C24H26F4O3/c1-2-3-4-13-30-19-11-9-17(21(25)23(19)27)16-7-5-15(6-8-16)14-31-20-12-10-18(29)22(26)24(20)28/h2,9-12,15-16,29H,1,3-8,13-14H2. The van der Waals surface area contributed by atoms with Gasteiger partial charge in [-0.2, -0.15) is 13.2 Å². The highest BCUT2D eigenvalue weighted by molar-refractivity contribution is 5.34. The molecule has 0 heterocycles. The van der Waals surface area contributed by atoms with E-state index in [1.165, 1.54) is 12.1 Å². The molecule has 1 aliphatic carbocycles. The zero-order valence-electron chi connectivity index (χ0n) is 17.2. The number of unbranched alkanes of at least 4 members (excludes halogenated alkanes) is 1. The van der Waals surface area contributed by atoms with E-state index < -0.39 is 29.0 Å². The highest BCUT2D eigenvalue weighted by Gasteiger charge is 2.27. The van der Waals surface area contributed by atoms with E-state index in [0.717, 1.165) is 12.5 Å². The number of phenols is 1. The Morgan fingerprint density at radius 3 is 2.23 bits per heavy atom. The minimum atomic E-state index is -1.34. The first-order chi connectivity index (χ1) is 14.9. The topological polar surface area (TPSA) is 38.7 Å². The lowest BCUT2D eigenvalue weighted by molar-refractivity contribution is 0.191. The molecule has 2 aromatic rings. The van der Waals surface area contributed by atoms with Crippen molar-refractivity contribution < 1.29 is 32.1 Å². The third kappa shape index (κ3) is 5.51. The molecule has 31 heavy (non-hydrogen) atoms. The van der Waals surface area contributed by atoms with Crippen LogP contribution in [-0.2, 0) is 0 Å². The molecular weight excluding hydrogens is 412 g/mol. The van der Waals surface area contributed by atoms with Crippen molar-refractivity contribution >= 4 is 0 Å². The highest BCUT2D eigenvalue weighted by atomic mass is 19.2. The fourth-order valence-electron chi connectivity index (χ4n) is 3.86. The average Bonchev–Trinajstić information content (AvgIpc) is 2.78. The van der Waals surface area contributed by atoms with Crippen LogP contribution in [0, 0.1) is 29.2 Å². The van der Waals surface area contributed by atoms with Gasteiger partial charge in [-0.3, -0.25) is 0 Å². The predicted octanol–water partition coefficient (Wildman–Crippen LogP) is 6.65. The third-order valence-corrected chi connectivity index (χ3v) is 5.67. The van der Waals surface area contributed by atoms with Crippen LogP contribution in [0.15, 0.2) is 36.9 Å². The van der Waals surface area contributed by atoms with Gasteiger partial charge >= 0.3 is 0 Å². The maximum absolute atomic E-state index is 14.6. The fraction of sp³-hybridized carbons (Fsp3) is 0.417. The second kappa shape index (κ2) is 10.6. The van der Waals surface area contributed by atoms with Crippen molar-refractivity contribution in [3.63, 3.8) is 0 Å². The van der Waals surface area contributed by atoms with Gasteiger partial charge in [-0.25, -0.2) is 4.39 Å². The number of hydrogen-bond acceptors (Lipinski definition) is 3. The zero-order chi connectivity index (χ0) is 22.4. The first-order valence-electron chi connectivity index (χ1n) is 10.4. The van der Waals surface area contributed by atoms with Gasteiger partial charge in [-0.05, 0) is 74.1 Å². The van der Waals surface area contributed by atoms with Crippen LogP contribution in [0.25, 0.3) is 0 Å². The van der Waals surface area contributed by atoms with Crippen molar-refractivity contribution in [1.82, 2.24) is 0 Å². The maximum atomic E-state index is 14.6. The number of allylic oxidation sites excluding steroid dienone is 1. The number of hydrogen-bond donors (Lipinski definition) is 1. The van der Waals surface area contributed by atoms with Crippen LogP contribution in [0.3, 0.4) is 0 Å². The van der Waals surface area contributed by atoms with Gasteiger partial charge in [0.1, 0.15) is 0 Å². The Kier molecular flexibility index (Phi) is 7.82. The van der Waals surface area contributed by atoms with Gasteiger partial charge in [0.2, 0.25) is 17.5 Å². The van der Waals surface area contributed by atoms with Crippen molar-refractivity contribution in [1.29, 1.82) is 0 Å². The fourth-order valence-corrected chi connectivity index (χ4v) is 3.86. The van der Waals surface area contributed by atoms with Crippen LogP contribution in [0.1, 0.15) is 50.0 Å². The van der Waals surface area contributed by atoms with E-state index in [1.54, 1.807) is 12.1 Å². The Hall–Kier alpha value is -2.70. The van der Waals surface area contributed by atoms with E-state index in [9.17, 15) is 17.6 Å². The lowest BCUT2D eigenvalue weighted by atomic mass is 9.79. The van der Waals surface area contributed by atoms with E-state index in [1.807, 2.05) is 0 Å². The van der Waals surface area contributed by atoms with E-state index >= 15 is 0 Å². The maximum Gasteiger partial charge on any atom is 0.204 e. The van der Waals surface area contributed by atoms with Crippen LogP contribution < -0.4 is 9.47 Å². The number of aromatic hydroxyl groups is 1. The van der Waals surface area contributed by atoms with E-state index in [-0.39, 0.29) is 29.9 Å². The Bertz CT molecular complexity index is 908. The highest BCUT2D eigenvalue weighted by Crippen LogP contribution is 2.39. The summed E-state index contributed by atoms with van der Waals surface area (Å²) in [6, 6.07) is 5.27. The number of ether oxygens (including phenoxy) is 2. The summed E-state index contributed by atoms with van der Waals surface area (Å²) in [5.74, 6) is -5.55. The van der Waals surface area contributed by atoms with Crippen LogP contribution in [0.4, 0.5) is 17.6 Å². The molecule has 1 aliphatic rings. The molecule has 168 valence electrons. The first kappa shape index (κ1) is 23.0. The lowest BCUT2D eigenvalue weighted by Crippen LogP contribution is -2.20. The van der Waals surface area contributed by atoms with E-state index in [2.05, 4.69) is 6.58 Å². The lowest BCUT2D eigenvalue weighted by Gasteiger charge is -2.29. The summed E-state index contributed by atoms with van der Waals surface area (Å²) in [5, 5.41) is 9.16. The molecule has 0 bridgehead atoms. The summed E-state index contributed by atoms with van der Waals surface area (Å²) in [5.41, 5.74) is 0.335. The SMILES string of the molecule is C=CCCCOc1ccc(C2CCC(COc3ccc(O)c(F)c3F)CC2)c(F)c1F. The molecule has 0 aromatic heterocycles. The summed E-state index contributed by atoms with van der Waals surface area (Å²) in [7, 11) is 0. The smallest absolute Gasteiger partial charge is 0.204 e. The van der Waals surface area contributed by atoms with Gasteiger partial charge < -0.3 is 14.6 Å². The molecule has 1 fully saturated rings. The molecule has 0 atom stereocenters. The molecule has 0 amide bonds. The Balaban J connectivity index is 1.54. The quantitative estimate of drug-likeness (QED) is 0.271. The first-order valence-corrected chi connectivity index (χ1v) is 10.4. The molecule has 0 radical (unpaired) electrons. The molecule has 3 rings (SSSR count). The second-order valence-electron chi connectivity index (χ2n) is 7.80. The van der Waals surface area contributed by atoms with Crippen molar-refractivity contribution in [3.8, 4) is 17.2 Å². The van der Waals surface area contributed by atoms with Crippen molar-refractivity contribution in [2.24, 2.45) is 5.92 Å². The molecule has 1 saturated carbocycles. The Morgan fingerprint density at radius 2 is 1.52 bits per heavy atom. The summed E-state index contributed by atoms with van der Waals surface area (Å²) < 4.78 is 66.9. The summed E-state index contributed by atoms with van der Waals surface area (Å²) in [4.78, 5) is 0. The molecule has 1 N–H and O–H groups in total. The molecule has 0 unspecified atom stereocenters. The van der Waals surface area contributed by atoms with Crippen LogP contribution in [0.2, 0.25) is 0 Å². The number of halogens is 4. The zero-order valence-corrected chi connectivity index (χ0v) is 17.2. The summed E-state index contributed by atoms with van der Waals surface area (Å²) in [6.07, 6.45) is 5.81. The third-order valence-electron chi connectivity index (χ3n) is 5.67. The van der Waals surface area contributed by atoms with E-state index in [4.69, 9.17) is 14.6 Å². The minimum absolute atomic E-state index is 0.0874. The number of benzene rings is 2. The van der Waals surface area contributed by atoms with Gasteiger partial charge in [-0.1, -0.05) is 12.1 Å². The number of rotatable bonds is 9. The van der Waals surface area contributed by atoms with Gasteiger partial charge in [0, 0.05) is 0 Å². The van der Waals surface area contributed by atoms with Gasteiger partial charge in [0.15, 0.2) is 23.1 Å². The molecule has 0 saturated heterocycles. The van der Waals surface area contributed by atoms with Gasteiger partial charge in [0.05, 0.1) is 13.2 Å². The normalized spacial score (nSPS) is 18.6. The molecule has 0 spiro atoms. The second-order valence-corrected chi connectivity index (χ2v) is 7.80. The molecule has 0 aliphatic heterocycles. The van der Waals surface area contributed by atoms with Crippen molar-refractivity contribution in [2.75, 3.05) is 13.2 Å². The Labute approximate surface area is 179 Å². The van der Waals surface area contributed by atoms with Gasteiger partial charge in [0.25, 0.3) is 0 Å². The van der Waals surface area contributed by atoms with Crippen LogP contribution in [-0.4, -0.2) is 18.3 Å². The summed E-state index contributed by atoms with van der Waals surface area (Å²) >= 11 is 0. The predicted molar refractivity (Wildman–Crippen MR) is 110 cm³/mol. The minimum Gasteiger partial charge on any atom is -0.505 e. The van der Waals surface area contributed by atoms with Gasteiger partial charge in [-0.15, -0.1) is 6.58 Å².